The Kier molecular flexibility index (Phi) is 5.51. The lowest BCUT2D eigenvalue weighted by Gasteiger charge is -2.26. The van der Waals surface area contributed by atoms with E-state index in [4.69, 9.17) is 21.3 Å². The number of aromatic nitrogens is 1. The van der Waals surface area contributed by atoms with Crippen molar-refractivity contribution in [2.24, 2.45) is 0 Å². The van der Waals surface area contributed by atoms with Crippen molar-refractivity contribution < 1.29 is 4.74 Å². The zero-order valence-electron chi connectivity index (χ0n) is 14.7. The average Bonchev–Trinajstić information content (AvgIpc) is 3.02. The molecule has 1 aromatic heterocycles. The van der Waals surface area contributed by atoms with Crippen molar-refractivity contribution in [2.45, 2.75) is 31.9 Å². The number of hydrogen-bond donors (Lipinski definition) is 0. The minimum Gasteiger partial charge on any atom is -0.376 e. The van der Waals surface area contributed by atoms with Gasteiger partial charge >= 0.3 is 0 Å². The summed E-state index contributed by atoms with van der Waals surface area (Å²) in [6.45, 7) is 7.30. The number of benzene rings is 1. The van der Waals surface area contributed by atoms with Gasteiger partial charge in [-0.2, -0.15) is 0 Å². The Morgan fingerprint density at radius 2 is 1.88 bits per heavy atom. The summed E-state index contributed by atoms with van der Waals surface area (Å²) in [6, 6.07) is 10.2. The van der Waals surface area contributed by atoms with Crippen LogP contribution < -0.4 is 0 Å². The normalized spacial score (nSPS) is 23.2. The Bertz CT molecular complexity index is 717. The number of pyridine rings is 1. The van der Waals surface area contributed by atoms with E-state index in [0.717, 1.165) is 60.8 Å². The molecule has 4 rings (SSSR count). The molecule has 2 aliphatic heterocycles. The lowest BCUT2D eigenvalue weighted by atomic mass is 10.2. The van der Waals surface area contributed by atoms with E-state index in [1.165, 1.54) is 25.9 Å². The van der Waals surface area contributed by atoms with Gasteiger partial charge in [0.05, 0.1) is 22.3 Å². The molecular weight excluding hydrogens is 334 g/mol. The van der Waals surface area contributed by atoms with Gasteiger partial charge in [-0.15, -0.1) is 0 Å². The maximum absolute atomic E-state index is 6.31. The minimum absolute atomic E-state index is 0.310. The van der Waals surface area contributed by atoms with Gasteiger partial charge in [0.15, 0.2) is 0 Å². The van der Waals surface area contributed by atoms with Gasteiger partial charge < -0.3 is 9.64 Å². The van der Waals surface area contributed by atoms with Gasteiger partial charge in [0.1, 0.15) is 0 Å². The minimum atomic E-state index is 0.310. The molecule has 3 heterocycles. The highest BCUT2D eigenvalue weighted by molar-refractivity contribution is 6.35. The fourth-order valence-electron chi connectivity index (χ4n) is 3.95. The van der Waals surface area contributed by atoms with Gasteiger partial charge in [-0.05, 0) is 44.5 Å². The average molecular weight is 360 g/mol. The maximum atomic E-state index is 6.31. The monoisotopic (exact) mass is 359 g/mol. The van der Waals surface area contributed by atoms with Crippen LogP contribution in [0.5, 0.6) is 0 Å². The molecule has 0 spiro atoms. The lowest BCUT2D eigenvalue weighted by molar-refractivity contribution is 0.0306. The molecule has 25 heavy (non-hydrogen) atoms. The van der Waals surface area contributed by atoms with Gasteiger partial charge in [0.2, 0.25) is 0 Å². The van der Waals surface area contributed by atoms with E-state index in [1.807, 2.05) is 12.1 Å². The molecule has 1 unspecified atom stereocenters. The van der Waals surface area contributed by atoms with Crippen LogP contribution in [0.4, 0.5) is 0 Å². The number of hydrogen-bond acceptors (Lipinski definition) is 4. The van der Waals surface area contributed by atoms with E-state index >= 15 is 0 Å². The van der Waals surface area contributed by atoms with Crippen LogP contribution in [0, 0.1) is 0 Å². The van der Waals surface area contributed by atoms with E-state index < -0.39 is 0 Å². The Balaban J connectivity index is 1.44. The Hall–Kier alpha value is -1.20. The third kappa shape index (κ3) is 4.32. The molecule has 0 aliphatic carbocycles. The van der Waals surface area contributed by atoms with Crippen LogP contribution in [0.15, 0.2) is 30.3 Å². The van der Waals surface area contributed by atoms with E-state index in [0.29, 0.717) is 6.10 Å². The van der Waals surface area contributed by atoms with Crippen LogP contribution in [-0.2, 0) is 11.3 Å². The molecule has 5 heteroatoms. The van der Waals surface area contributed by atoms with Crippen molar-refractivity contribution in [1.29, 1.82) is 0 Å². The number of para-hydroxylation sites is 1. The standard InChI is InChI=1S/C20H26ClN3O/c21-19-6-3-5-16-7-8-17(22-20(16)19)13-24-11-4-12-25-18(15-24)14-23-9-1-2-10-23/h3,5-8,18H,1-2,4,9-15H2. The van der Waals surface area contributed by atoms with Crippen molar-refractivity contribution in [3.05, 3.63) is 41.0 Å². The molecule has 2 aromatic rings. The van der Waals surface area contributed by atoms with Gasteiger partial charge in [-0.1, -0.05) is 29.8 Å². The molecule has 2 aliphatic rings. The first-order valence-electron chi connectivity index (χ1n) is 9.38. The second-order valence-electron chi connectivity index (χ2n) is 7.20. The molecule has 2 saturated heterocycles. The highest BCUT2D eigenvalue weighted by Gasteiger charge is 2.23. The summed E-state index contributed by atoms with van der Waals surface area (Å²) in [7, 11) is 0. The predicted octanol–water partition coefficient (Wildman–Crippen LogP) is 3.57. The van der Waals surface area contributed by atoms with Gasteiger partial charge in [-0.25, -0.2) is 4.98 Å². The highest BCUT2D eigenvalue weighted by atomic mass is 35.5. The quantitative estimate of drug-likeness (QED) is 0.834. The highest BCUT2D eigenvalue weighted by Crippen LogP contribution is 2.22. The van der Waals surface area contributed by atoms with Crippen LogP contribution in [0.1, 0.15) is 25.0 Å². The summed E-state index contributed by atoms with van der Waals surface area (Å²) >= 11 is 6.31. The van der Waals surface area contributed by atoms with Gasteiger partial charge in [0.25, 0.3) is 0 Å². The van der Waals surface area contributed by atoms with Gasteiger partial charge in [-0.3, -0.25) is 4.90 Å². The van der Waals surface area contributed by atoms with Crippen LogP contribution in [-0.4, -0.2) is 60.2 Å². The van der Waals surface area contributed by atoms with Crippen molar-refractivity contribution in [1.82, 2.24) is 14.8 Å². The third-order valence-corrected chi connectivity index (χ3v) is 5.51. The zero-order valence-corrected chi connectivity index (χ0v) is 15.4. The molecule has 0 amide bonds. The molecule has 0 bridgehead atoms. The first kappa shape index (κ1) is 17.2. The molecule has 4 nitrogen and oxygen atoms in total. The van der Waals surface area contributed by atoms with Crippen molar-refractivity contribution in [3.63, 3.8) is 0 Å². The molecule has 0 radical (unpaired) electrons. The van der Waals surface area contributed by atoms with E-state index in [2.05, 4.69) is 28.0 Å². The molecular formula is C20H26ClN3O. The van der Waals surface area contributed by atoms with Crippen LogP contribution in [0.2, 0.25) is 5.02 Å². The van der Waals surface area contributed by atoms with E-state index in [1.54, 1.807) is 0 Å². The number of ether oxygens (including phenoxy) is 1. The molecule has 1 atom stereocenters. The molecule has 0 saturated carbocycles. The summed E-state index contributed by atoms with van der Waals surface area (Å²) < 4.78 is 6.10. The van der Waals surface area contributed by atoms with Crippen LogP contribution in [0.3, 0.4) is 0 Å². The van der Waals surface area contributed by atoms with E-state index in [-0.39, 0.29) is 0 Å². The number of likely N-dealkylation sites (tertiary alicyclic amines) is 1. The van der Waals surface area contributed by atoms with Crippen molar-refractivity contribution in [3.8, 4) is 0 Å². The zero-order chi connectivity index (χ0) is 17.1. The molecule has 0 N–H and O–H groups in total. The van der Waals surface area contributed by atoms with Crippen molar-refractivity contribution >= 4 is 22.5 Å². The molecule has 134 valence electrons. The Labute approximate surface area is 154 Å². The van der Waals surface area contributed by atoms with Gasteiger partial charge in [0, 0.05) is 38.2 Å². The fraction of sp³-hybridized carbons (Fsp3) is 0.550. The number of nitrogens with zero attached hydrogens (tertiary/aromatic N) is 3. The number of rotatable bonds is 4. The number of fused-ring (bicyclic) bond motifs is 1. The maximum Gasteiger partial charge on any atom is 0.0891 e. The smallest absolute Gasteiger partial charge is 0.0891 e. The first-order chi connectivity index (χ1) is 12.3. The predicted molar refractivity (Wildman–Crippen MR) is 102 cm³/mol. The Morgan fingerprint density at radius 1 is 1.04 bits per heavy atom. The second-order valence-corrected chi connectivity index (χ2v) is 7.61. The summed E-state index contributed by atoms with van der Waals surface area (Å²) in [5, 5.41) is 1.83. The first-order valence-corrected chi connectivity index (χ1v) is 9.76. The second kappa shape index (κ2) is 8.00. The molecule has 1 aromatic carbocycles. The third-order valence-electron chi connectivity index (χ3n) is 5.21. The topological polar surface area (TPSA) is 28.6 Å². The summed E-state index contributed by atoms with van der Waals surface area (Å²) in [6.07, 6.45) is 4.06. The van der Waals surface area contributed by atoms with E-state index in [9.17, 15) is 0 Å². The van der Waals surface area contributed by atoms with Crippen molar-refractivity contribution in [2.75, 3.05) is 39.3 Å². The number of halogens is 1. The summed E-state index contributed by atoms with van der Waals surface area (Å²) in [5.41, 5.74) is 1.99. The SMILES string of the molecule is Clc1cccc2ccc(CN3CCCOC(CN4CCCC4)C3)nc12. The molecule has 2 fully saturated rings. The summed E-state index contributed by atoms with van der Waals surface area (Å²) in [5.74, 6) is 0. The van der Waals surface area contributed by atoms with Crippen LogP contribution >= 0.6 is 11.6 Å². The largest absolute Gasteiger partial charge is 0.376 e. The lowest BCUT2D eigenvalue weighted by Crippen LogP contribution is -2.39. The van der Waals surface area contributed by atoms with Crippen LogP contribution in [0.25, 0.3) is 10.9 Å². The summed E-state index contributed by atoms with van der Waals surface area (Å²) in [4.78, 5) is 9.83. The Morgan fingerprint density at radius 3 is 2.76 bits per heavy atom. The fourth-order valence-corrected chi connectivity index (χ4v) is 4.17.